The van der Waals surface area contributed by atoms with Crippen LogP contribution in [0.25, 0.3) is 0 Å². The van der Waals surface area contributed by atoms with Gasteiger partial charge in [-0.3, -0.25) is 9.78 Å². The van der Waals surface area contributed by atoms with Gasteiger partial charge in [0.25, 0.3) is 5.91 Å². The molecule has 3 rings (SSSR count). The normalized spacial score (nSPS) is 19.9. The molecule has 0 spiro atoms. The van der Waals surface area contributed by atoms with E-state index in [1.165, 1.54) is 5.56 Å². The summed E-state index contributed by atoms with van der Waals surface area (Å²) >= 11 is 0. The van der Waals surface area contributed by atoms with E-state index in [0.29, 0.717) is 18.8 Å². The molecule has 6 nitrogen and oxygen atoms in total. The maximum atomic E-state index is 12.4. The molecule has 1 fully saturated rings. The predicted molar refractivity (Wildman–Crippen MR) is 92.1 cm³/mol. The van der Waals surface area contributed by atoms with Crippen LogP contribution >= 0.6 is 0 Å². The maximum absolute atomic E-state index is 12.4. The minimum absolute atomic E-state index is 0.0131. The highest BCUT2D eigenvalue weighted by molar-refractivity contribution is 5.94. The molecule has 24 heavy (non-hydrogen) atoms. The SMILES string of the molecule is CN(C)c1ccc(C(=O)N[C@@H]2COC[C@H]2Cc2ccncc2)cn1. The topological polar surface area (TPSA) is 67.4 Å². The van der Waals surface area contributed by atoms with Gasteiger partial charge in [-0.15, -0.1) is 0 Å². The Morgan fingerprint density at radius 2 is 2.04 bits per heavy atom. The zero-order valence-corrected chi connectivity index (χ0v) is 14.0. The Hall–Kier alpha value is -2.47. The summed E-state index contributed by atoms with van der Waals surface area (Å²) < 4.78 is 5.58. The summed E-state index contributed by atoms with van der Waals surface area (Å²) in [6.07, 6.45) is 6.05. The second-order valence-corrected chi connectivity index (χ2v) is 6.24. The number of anilines is 1. The molecular weight excluding hydrogens is 304 g/mol. The Morgan fingerprint density at radius 3 is 2.71 bits per heavy atom. The van der Waals surface area contributed by atoms with Gasteiger partial charge in [0.15, 0.2) is 0 Å². The van der Waals surface area contributed by atoms with E-state index < -0.39 is 0 Å². The van der Waals surface area contributed by atoms with Gasteiger partial charge in [0.05, 0.1) is 24.8 Å². The first kappa shape index (κ1) is 16.4. The number of nitrogens with zero attached hydrogens (tertiary/aromatic N) is 3. The van der Waals surface area contributed by atoms with Crippen LogP contribution in [0.4, 0.5) is 5.82 Å². The van der Waals surface area contributed by atoms with Crippen molar-refractivity contribution in [2.75, 3.05) is 32.2 Å². The summed E-state index contributed by atoms with van der Waals surface area (Å²) in [4.78, 5) is 22.7. The molecule has 2 aromatic heterocycles. The van der Waals surface area contributed by atoms with Gasteiger partial charge < -0.3 is 15.0 Å². The smallest absolute Gasteiger partial charge is 0.253 e. The molecule has 1 aliphatic rings. The van der Waals surface area contributed by atoms with Crippen molar-refractivity contribution >= 4 is 11.7 Å². The molecule has 0 radical (unpaired) electrons. The average Bonchev–Trinajstić information content (AvgIpc) is 3.02. The van der Waals surface area contributed by atoms with E-state index in [9.17, 15) is 4.79 Å². The van der Waals surface area contributed by atoms with Crippen molar-refractivity contribution in [3.63, 3.8) is 0 Å². The first-order valence-corrected chi connectivity index (χ1v) is 8.04. The van der Waals surface area contributed by atoms with E-state index in [-0.39, 0.29) is 17.9 Å². The van der Waals surface area contributed by atoms with Crippen LogP contribution in [0.3, 0.4) is 0 Å². The molecule has 0 unspecified atom stereocenters. The van der Waals surface area contributed by atoms with Gasteiger partial charge in [-0.2, -0.15) is 0 Å². The highest BCUT2D eigenvalue weighted by Crippen LogP contribution is 2.19. The van der Waals surface area contributed by atoms with Crippen LogP contribution in [0.15, 0.2) is 42.9 Å². The van der Waals surface area contributed by atoms with Crippen LogP contribution in [0.1, 0.15) is 15.9 Å². The minimum atomic E-state index is -0.108. The van der Waals surface area contributed by atoms with Crippen molar-refractivity contribution in [1.29, 1.82) is 0 Å². The van der Waals surface area contributed by atoms with Crippen LogP contribution in [0.2, 0.25) is 0 Å². The van der Waals surface area contributed by atoms with Crippen molar-refractivity contribution in [2.24, 2.45) is 5.92 Å². The molecule has 0 aliphatic carbocycles. The number of hydrogen-bond acceptors (Lipinski definition) is 5. The lowest BCUT2D eigenvalue weighted by Crippen LogP contribution is -2.40. The van der Waals surface area contributed by atoms with E-state index in [0.717, 1.165) is 12.2 Å². The fourth-order valence-electron chi connectivity index (χ4n) is 2.82. The molecule has 126 valence electrons. The van der Waals surface area contributed by atoms with Crippen LogP contribution in [0.5, 0.6) is 0 Å². The third kappa shape index (κ3) is 3.89. The summed E-state index contributed by atoms with van der Waals surface area (Å²) in [5.41, 5.74) is 1.77. The molecule has 1 saturated heterocycles. The van der Waals surface area contributed by atoms with E-state index in [1.54, 1.807) is 24.7 Å². The number of ether oxygens (including phenoxy) is 1. The van der Waals surface area contributed by atoms with E-state index >= 15 is 0 Å². The number of rotatable bonds is 5. The van der Waals surface area contributed by atoms with E-state index in [1.807, 2.05) is 37.2 Å². The maximum Gasteiger partial charge on any atom is 0.253 e. The van der Waals surface area contributed by atoms with Crippen molar-refractivity contribution < 1.29 is 9.53 Å². The van der Waals surface area contributed by atoms with Crippen LogP contribution in [-0.4, -0.2) is 49.2 Å². The molecule has 2 atom stereocenters. The van der Waals surface area contributed by atoms with Crippen molar-refractivity contribution in [3.8, 4) is 0 Å². The fourth-order valence-corrected chi connectivity index (χ4v) is 2.82. The largest absolute Gasteiger partial charge is 0.379 e. The summed E-state index contributed by atoms with van der Waals surface area (Å²) in [5, 5.41) is 3.08. The second kappa shape index (κ2) is 7.40. The zero-order valence-electron chi connectivity index (χ0n) is 14.0. The Morgan fingerprint density at radius 1 is 1.25 bits per heavy atom. The van der Waals surface area contributed by atoms with Gasteiger partial charge in [-0.1, -0.05) is 0 Å². The molecule has 3 heterocycles. The summed E-state index contributed by atoms with van der Waals surface area (Å²) in [7, 11) is 3.84. The molecule has 2 aromatic rings. The van der Waals surface area contributed by atoms with Crippen LogP contribution in [0, 0.1) is 5.92 Å². The number of carbonyl (C=O) groups excluding carboxylic acids is 1. The lowest BCUT2D eigenvalue weighted by molar-refractivity contribution is 0.0924. The number of nitrogens with one attached hydrogen (secondary N) is 1. The van der Waals surface area contributed by atoms with Gasteiger partial charge in [-0.05, 0) is 36.2 Å². The standard InChI is InChI=1S/C18H22N4O2/c1-22(2)17-4-3-14(10-20-17)18(23)21-16-12-24-11-15(16)9-13-5-7-19-8-6-13/h3-8,10,15-16H,9,11-12H2,1-2H3,(H,21,23)/t15-,16-/m1/s1. The second-order valence-electron chi connectivity index (χ2n) is 6.24. The van der Waals surface area contributed by atoms with Gasteiger partial charge in [0, 0.05) is 38.6 Å². The Kier molecular flexibility index (Phi) is 5.05. The van der Waals surface area contributed by atoms with Crippen molar-refractivity contribution in [2.45, 2.75) is 12.5 Å². The molecule has 0 aromatic carbocycles. The number of carbonyl (C=O) groups is 1. The van der Waals surface area contributed by atoms with Crippen molar-refractivity contribution in [1.82, 2.24) is 15.3 Å². The Balaban J connectivity index is 1.62. The molecular formula is C18H22N4O2. The Labute approximate surface area is 141 Å². The van der Waals surface area contributed by atoms with E-state index in [2.05, 4.69) is 15.3 Å². The Bertz CT molecular complexity index is 673. The molecule has 0 bridgehead atoms. The predicted octanol–water partition coefficient (Wildman–Crippen LogP) is 1.53. The number of aromatic nitrogens is 2. The molecule has 6 heteroatoms. The zero-order chi connectivity index (χ0) is 16.9. The number of amides is 1. The first-order chi connectivity index (χ1) is 11.6. The lowest BCUT2D eigenvalue weighted by Gasteiger charge is -2.19. The monoisotopic (exact) mass is 326 g/mol. The molecule has 1 aliphatic heterocycles. The van der Waals surface area contributed by atoms with E-state index in [4.69, 9.17) is 4.74 Å². The van der Waals surface area contributed by atoms with Gasteiger partial charge >= 0.3 is 0 Å². The van der Waals surface area contributed by atoms with Crippen LogP contribution < -0.4 is 10.2 Å². The average molecular weight is 326 g/mol. The summed E-state index contributed by atoms with van der Waals surface area (Å²) in [6, 6.07) is 7.65. The molecule has 1 N–H and O–H groups in total. The first-order valence-electron chi connectivity index (χ1n) is 8.04. The number of hydrogen-bond donors (Lipinski definition) is 1. The van der Waals surface area contributed by atoms with Gasteiger partial charge in [0.1, 0.15) is 5.82 Å². The van der Waals surface area contributed by atoms with Gasteiger partial charge in [-0.25, -0.2) is 4.98 Å². The molecule has 1 amide bonds. The summed E-state index contributed by atoms with van der Waals surface area (Å²) in [6.45, 7) is 1.20. The van der Waals surface area contributed by atoms with Crippen LogP contribution in [-0.2, 0) is 11.2 Å². The quantitative estimate of drug-likeness (QED) is 0.902. The summed E-state index contributed by atoms with van der Waals surface area (Å²) in [5.74, 6) is 0.986. The highest BCUT2D eigenvalue weighted by Gasteiger charge is 2.30. The number of pyridine rings is 2. The van der Waals surface area contributed by atoms with Crippen molar-refractivity contribution in [3.05, 3.63) is 54.0 Å². The highest BCUT2D eigenvalue weighted by atomic mass is 16.5. The lowest BCUT2D eigenvalue weighted by atomic mass is 9.95. The van der Waals surface area contributed by atoms with Gasteiger partial charge in [0.2, 0.25) is 0 Å². The third-order valence-corrected chi connectivity index (χ3v) is 4.23. The fraction of sp³-hybridized carbons (Fsp3) is 0.389. The third-order valence-electron chi connectivity index (χ3n) is 4.23. The molecule has 0 saturated carbocycles. The minimum Gasteiger partial charge on any atom is -0.379 e.